The van der Waals surface area contributed by atoms with Gasteiger partial charge in [0.15, 0.2) is 0 Å². The lowest BCUT2D eigenvalue weighted by Crippen LogP contribution is -2.33. The zero-order valence-corrected chi connectivity index (χ0v) is 22.2. The second-order valence-electron chi connectivity index (χ2n) is 10.2. The molecule has 0 aliphatic heterocycles. The van der Waals surface area contributed by atoms with Crippen LogP contribution in [0.2, 0.25) is 0 Å². The van der Waals surface area contributed by atoms with Crippen LogP contribution in [0.3, 0.4) is 0 Å². The zero-order chi connectivity index (χ0) is 24.9. The van der Waals surface area contributed by atoms with E-state index in [1.807, 2.05) is 0 Å². The summed E-state index contributed by atoms with van der Waals surface area (Å²) < 4.78 is 0. The number of aliphatic hydroxyl groups excluding tert-OH is 1. The average molecular weight is 480 g/mol. The molecular weight excluding hydrogens is 443 g/mol. The van der Waals surface area contributed by atoms with Crippen LogP contribution in [0.5, 0.6) is 0 Å². The van der Waals surface area contributed by atoms with Crippen molar-refractivity contribution in [2.45, 2.75) is 46.6 Å². The van der Waals surface area contributed by atoms with E-state index in [0.29, 0.717) is 0 Å². The molecule has 1 aliphatic rings. The van der Waals surface area contributed by atoms with Gasteiger partial charge in [0.05, 0.1) is 12.3 Å². The maximum atomic E-state index is 10.2. The average Bonchev–Trinajstić information content (AvgIpc) is 2.85. The molecule has 0 bridgehead atoms. The fourth-order valence-electron chi connectivity index (χ4n) is 5.37. The summed E-state index contributed by atoms with van der Waals surface area (Å²) in [4.78, 5) is 0. The topological polar surface area (TPSA) is 20.2 Å². The Labute approximate surface area is 212 Å². The van der Waals surface area contributed by atoms with Gasteiger partial charge in [-0.2, -0.15) is 0 Å². The third-order valence-corrected chi connectivity index (χ3v) is 11.3. The number of benzene rings is 3. The molecule has 0 fully saturated rings. The molecule has 0 spiro atoms. The van der Waals surface area contributed by atoms with Crippen LogP contribution in [0.4, 0.5) is 0 Å². The number of aliphatic hydroxyl groups is 1. The minimum absolute atomic E-state index is 0.0933. The molecule has 0 radical (unpaired) electrons. The molecule has 3 aromatic carbocycles. The highest BCUT2D eigenvalue weighted by Gasteiger charge is 2.44. The van der Waals surface area contributed by atoms with Crippen molar-refractivity contribution in [3.8, 4) is 11.8 Å². The largest absolute Gasteiger partial charge is 0.393 e. The molecule has 3 aromatic rings. The molecule has 1 nitrogen and oxygen atoms in total. The monoisotopic (exact) mass is 479 g/mol. The fourth-order valence-corrected chi connectivity index (χ4v) is 9.49. The molecule has 1 N–H and O–H groups in total. The first kappa shape index (κ1) is 25.2. The van der Waals surface area contributed by atoms with Crippen LogP contribution in [-0.4, -0.2) is 17.4 Å². The van der Waals surface area contributed by atoms with Crippen molar-refractivity contribution in [1.82, 2.24) is 0 Å². The summed E-state index contributed by atoms with van der Waals surface area (Å²) >= 11 is 0. The first-order valence-electron chi connectivity index (χ1n) is 12.4. The van der Waals surface area contributed by atoms with Gasteiger partial charge in [-0.05, 0) is 74.7 Å². The van der Waals surface area contributed by atoms with E-state index in [4.69, 9.17) is 0 Å². The van der Waals surface area contributed by atoms with Gasteiger partial charge in [0.25, 0.3) is 0 Å². The van der Waals surface area contributed by atoms with Gasteiger partial charge in [0.1, 0.15) is 23.2 Å². The molecule has 1 unspecified atom stereocenters. The van der Waals surface area contributed by atoms with Gasteiger partial charge in [0, 0.05) is 11.0 Å². The van der Waals surface area contributed by atoms with Crippen molar-refractivity contribution in [3.05, 3.63) is 114 Å². The predicted molar refractivity (Wildman–Crippen MR) is 153 cm³/mol. The van der Waals surface area contributed by atoms with E-state index in [1.54, 1.807) is 0 Å². The normalized spacial score (nSPS) is 18.1. The Bertz CT molecular complexity index is 1160. The summed E-state index contributed by atoms with van der Waals surface area (Å²) in [6.45, 7) is 8.63. The smallest absolute Gasteiger partial charge is 0.116 e. The Morgan fingerprint density at radius 3 is 1.77 bits per heavy atom. The molecule has 178 valence electrons. The van der Waals surface area contributed by atoms with Crippen LogP contribution < -0.4 is 15.9 Å². The highest BCUT2D eigenvalue weighted by atomic mass is 31.2. The van der Waals surface area contributed by atoms with Gasteiger partial charge in [-0.1, -0.05) is 85.9 Å². The Balaban J connectivity index is 1.78. The van der Waals surface area contributed by atoms with E-state index in [-0.39, 0.29) is 11.5 Å². The van der Waals surface area contributed by atoms with Gasteiger partial charge in [-0.15, -0.1) is 0 Å². The lowest BCUT2D eigenvalue weighted by molar-refractivity contribution is 0.117. The zero-order valence-electron chi connectivity index (χ0n) is 21.3. The first-order valence-corrected chi connectivity index (χ1v) is 14.4. The van der Waals surface area contributed by atoms with Crippen molar-refractivity contribution in [2.24, 2.45) is 5.41 Å². The van der Waals surface area contributed by atoms with Gasteiger partial charge < -0.3 is 5.11 Å². The number of hydrogen-bond donors (Lipinski definition) is 1. The van der Waals surface area contributed by atoms with Crippen molar-refractivity contribution in [2.75, 3.05) is 6.16 Å². The van der Waals surface area contributed by atoms with Crippen molar-refractivity contribution < 1.29 is 5.11 Å². The van der Waals surface area contributed by atoms with Crippen LogP contribution in [0.25, 0.3) is 0 Å². The first-order chi connectivity index (χ1) is 16.8. The van der Waals surface area contributed by atoms with Crippen LogP contribution in [0, 0.1) is 17.3 Å². The molecule has 0 amide bonds. The molecule has 0 aromatic heterocycles. The third-order valence-electron chi connectivity index (χ3n) is 7.04. The second-order valence-corrected chi connectivity index (χ2v) is 13.8. The summed E-state index contributed by atoms with van der Waals surface area (Å²) in [6, 6.07) is 32.9. The Morgan fingerprint density at radius 1 is 0.886 bits per heavy atom. The number of allylic oxidation sites excluding steroid dienone is 3. The summed E-state index contributed by atoms with van der Waals surface area (Å²) in [7, 11) is -1.90. The lowest BCUT2D eigenvalue weighted by atomic mass is 9.72. The van der Waals surface area contributed by atoms with E-state index in [1.165, 1.54) is 27.1 Å². The number of hydrogen-bond acceptors (Lipinski definition) is 1. The Morgan fingerprint density at radius 2 is 1.34 bits per heavy atom. The van der Waals surface area contributed by atoms with E-state index >= 15 is 0 Å². The fraction of sp³-hybridized carbons (Fsp3) is 0.273. The predicted octanol–water partition coefficient (Wildman–Crippen LogP) is 6.43. The molecule has 1 atom stereocenters. The van der Waals surface area contributed by atoms with E-state index in [2.05, 4.69) is 137 Å². The molecule has 4 rings (SSSR count). The van der Waals surface area contributed by atoms with Crippen molar-refractivity contribution in [3.63, 3.8) is 0 Å². The Kier molecular flexibility index (Phi) is 7.76. The lowest BCUT2D eigenvalue weighted by Gasteiger charge is -2.34. The summed E-state index contributed by atoms with van der Waals surface area (Å²) in [5.41, 5.74) is 3.41. The van der Waals surface area contributed by atoms with Crippen LogP contribution in [-0.2, 0) is 0 Å². The number of rotatable bonds is 5. The van der Waals surface area contributed by atoms with Gasteiger partial charge in [-0.3, -0.25) is 0 Å². The van der Waals surface area contributed by atoms with Gasteiger partial charge in [0.2, 0.25) is 0 Å². The van der Waals surface area contributed by atoms with E-state index < -0.39 is 7.26 Å². The molecule has 35 heavy (non-hydrogen) atoms. The third kappa shape index (κ3) is 5.51. The highest BCUT2D eigenvalue weighted by molar-refractivity contribution is 7.95. The molecule has 2 heteroatoms. The summed E-state index contributed by atoms with van der Waals surface area (Å²) in [5.74, 6) is 6.97. The minimum Gasteiger partial charge on any atom is -0.393 e. The van der Waals surface area contributed by atoms with Gasteiger partial charge >= 0.3 is 0 Å². The molecule has 0 heterocycles. The second kappa shape index (κ2) is 10.8. The maximum absolute atomic E-state index is 10.2. The molecular formula is C33H36OP+. The van der Waals surface area contributed by atoms with E-state index in [0.717, 1.165) is 24.6 Å². The van der Waals surface area contributed by atoms with Crippen molar-refractivity contribution >= 4 is 23.2 Å². The van der Waals surface area contributed by atoms with Crippen LogP contribution in [0.1, 0.15) is 40.5 Å². The quantitative estimate of drug-likeness (QED) is 0.330. The molecule has 0 saturated heterocycles. The Hall–Kier alpha value is -2.91. The summed E-state index contributed by atoms with van der Waals surface area (Å²) in [5, 5.41) is 14.4. The van der Waals surface area contributed by atoms with E-state index in [9.17, 15) is 5.11 Å². The molecule has 1 aliphatic carbocycles. The van der Waals surface area contributed by atoms with Crippen LogP contribution in [0.15, 0.2) is 114 Å². The van der Waals surface area contributed by atoms with Crippen LogP contribution >= 0.6 is 7.26 Å². The SMILES string of the molecule is CC1=C(C#C/C(C)=C\C[P+](c2ccccc2)(c2ccccc2)c2ccccc2)C(C)(C)CC(O)C1. The molecule has 0 saturated carbocycles. The van der Waals surface area contributed by atoms with Gasteiger partial charge in [-0.25, -0.2) is 0 Å². The maximum Gasteiger partial charge on any atom is 0.116 e. The van der Waals surface area contributed by atoms with Crippen molar-refractivity contribution in [1.29, 1.82) is 0 Å². The minimum atomic E-state index is -1.90. The summed E-state index contributed by atoms with van der Waals surface area (Å²) in [6.07, 6.45) is 4.49. The standard InChI is InChI=1S/C33H36OP/c1-26(20-21-32-27(2)24-28(34)25-33(32,3)4)22-23-35(29-14-8-5-9-15-29,30-16-10-6-11-17-30)31-18-12-7-13-19-31/h5-19,22,28,34H,23-25H2,1-4H3/q+1/b26-22-. The highest BCUT2D eigenvalue weighted by Crippen LogP contribution is 2.55.